The maximum Gasteiger partial charge on any atom is 0.147 e. The Bertz CT molecular complexity index is 692. The minimum absolute atomic E-state index is 0.0423. The van der Waals surface area contributed by atoms with E-state index >= 15 is 0 Å². The topological polar surface area (TPSA) is 38.0 Å². The Morgan fingerprint density at radius 3 is 2.35 bits per heavy atom. The Kier molecular flexibility index (Phi) is 4.72. The van der Waals surface area contributed by atoms with Crippen LogP contribution in [0.15, 0.2) is 39.3 Å². The first-order chi connectivity index (χ1) is 9.38. The third-order valence-corrected chi connectivity index (χ3v) is 4.01. The zero-order chi connectivity index (χ0) is 14.9. The molecule has 0 saturated carbocycles. The second kappa shape index (κ2) is 6.15. The van der Waals surface area contributed by atoms with E-state index in [0.717, 1.165) is 12.1 Å². The second-order valence-electron chi connectivity index (χ2n) is 3.93. The summed E-state index contributed by atoms with van der Waals surface area (Å²) < 4.78 is 27.9. The molecular formula is C13H8Br2F2N2S. The molecule has 0 aliphatic heterocycles. The van der Waals surface area contributed by atoms with Crippen LogP contribution < -0.4 is 11.1 Å². The van der Waals surface area contributed by atoms with Crippen LogP contribution in [-0.4, -0.2) is 4.99 Å². The molecule has 0 fully saturated rings. The predicted molar refractivity (Wildman–Crippen MR) is 87.4 cm³/mol. The average Bonchev–Trinajstić information content (AvgIpc) is 2.35. The molecule has 3 N–H and O–H groups in total. The van der Waals surface area contributed by atoms with Gasteiger partial charge in [0.2, 0.25) is 0 Å². The quantitative estimate of drug-likeness (QED) is 0.548. The standard InChI is InChI=1S/C13H8Br2F2N2S/c14-8-3-6(1-2-7(8)13(18)20)19-12-5-10(16)9(15)4-11(12)17/h1-5,19H,(H2,18,20). The van der Waals surface area contributed by atoms with Gasteiger partial charge in [-0.05, 0) is 56.1 Å². The van der Waals surface area contributed by atoms with E-state index in [0.29, 0.717) is 15.7 Å². The Morgan fingerprint density at radius 2 is 1.75 bits per heavy atom. The summed E-state index contributed by atoms with van der Waals surface area (Å²) in [5.74, 6) is -1.11. The normalized spacial score (nSPS) is 10.4. The van der Waals surface area contributed by atoms with Gasteiger partial charge in [-0.15, -0.1) is 0 Å². The number of rotatable bonds is 3. The van der Waals surface area contributed by atoms with E-state index in [1.54, 1.807) is 18.2 Å². The molecule has 0 atom stereocenters. The highest BCUT2D eigenvalue weighted by atomic mass is 79.9. The minimum atomic E-state index is -0.562. The molecule has 0 heterocycles. The van der Waals surface area contributed by atoms with E-state index in [9.17, 15) is 8.78 Å². The van der Waals surface area contributed by atoms with Crippen LogP contribution in [0.2, 0.25) is 0 Å². The number of nitrogens with one attached hydrogen (secondary N) is 1. The van der Waals surface area contributed by atoms with Crippen LogP contribution in [0.25, 0.3) is 0 Å². The molecule has 0 spiro atoms. The molecule has 0 aliphatic rings. The Balaban J connectivity index is 2.33. The lowest BCUT2D eigenvalue weighted by atomic mass is 10.2. The van der Waals surface area contributed by atoms with Crippen molar-refractivity contribution < 1.29 is 8.78 Å². The van der Waals surface area contributed by atoms with Crippen LogP contribution in [0.5, 0.6) is 0 Å². The van der Waals surface area contributed by atoms with E-state index in [1.165, 1.54) is 0 Å². The molecule has 2 aromatic rings. The number of hydrogen-bond donors (Lipinski definition) is 2. The van der Waals surface area contributed by atoms with Crippen molar-refractivity contribution in [1.29, 1.82) is 0 Å². The first kappa shape index (κ1) is 15.3. The summed E-state index contributed by atoms with van der Waals surface area (Å²) in [5, 5.41) is 2.80. The second-order valence-corrected chi connectivity index (χ2v) is 6.08. The largest absolute Gasteiger partial charge is 0.389 e. The first-order valence-electron chi connectivity index (χ1n) is 5.39. The van der Waals surface area contributed by atoms with Crippen molar-refractivity contribution in [3.63, 3.8) is 0 Å². The molecule has 2 rings (SSSR count). The fourth-order valence-electron chi connectivity index (χ4n) is 1.57. The molecule has 0 unspecified atom stereocenters. The Hall–Kier alpha value is -1.05. The summed E-state index contributed by atoms with van der Waals surface area (Å²) in [6.45, 7) is 0. The molecule has 2 nitrogen and oxygen atoms in total. The summed E-state index contributed by atoms with van der Waals surface area (Å²) >= 11 is 11.1. The zero-order valence-corrected chi connectivity index (χ0v) is 13.9. The number of hydrogen-bond acceptors (Lipinski definition) is 2. The predicted octanol–water partition coefficient (Wildman–Crippen LogP) is 4.87. The molecule has 0 saturated heterocycles. The van der Waals surface area contributed by atoms with E-state index in [1.807, 2.05) is 0 Å². The lowest BCUT2D eigenvalue weighted by molar-refractivity contribution is 0.598. The fourth-order valence-corrected chi connectivity index (χ4v) is 2.78. The van der Waals surface area contributed by atoms with Crippen LogP contribution in [0, 0.1) is 11.6 Å². The van der Waals surface area contributed by atoms with Crippen molar-refractivity contribution in [3.8, 4) is 0 Å². The van der Waals surface area contributed by atoms with Gasteiger partial charge >= 0.3 is 0 Å². The van der Waals surface area contributed by atoms with E-state index in [-0.39, 0.29) is 15.1 Å². The highest BCUT2D eigenvalue weighted by molar-refractivity contribution is 9.10. The number of anilines is 2. The zero-order valence-electron chi connectivity index (χ0n) is 9.88. The van der Waals surface area contributed by atoms with Gasteiger partial charge in [-0.1, -0.05) is 12.2 Å². The molecule has 0 radical (unpaired) electrons. The van der Waals surface area contributed by atoms with Gasteiger partial charge in [-0.3, -0.25) is 0 Å². The molecule has 20 heavy (non-hydrogen) atoms. The molecule has 0 bridgehead atoms. The third kappa shape index (κ3) is 3.34. The Labute approximate surface area is 136 Å². The van der Waals surface area contributed by atoms with Crippen molar-refractivity contribution in [2.45, 2.75) is 0 Å². The van der Waals surface area contributed by atoms with Crippen LogP contribution >= 0.6 is 44.1 Å². The van der Waals surface area contributed by atoms with Crippen molar-refractivity contribution in [1.82, 2.24) is 0 Å². The summed E-state index contributed by atoms with van der Waals surface area (Å²) in [7, 11) is 0. The van der Waals surface area contributed by atoms with Crippen molar-refractivity contribution >= 4 is 60.4 Å². The van der Waals surface area contributed by atoms with Crippen LogP contribution in [0.4, 0.5) is 20.2 Å². The average molecular weight is 422 g/mol. The molecular weight excluding hydrogens is 414 g/mol. The molecule has 0 amide bonds. The summed E-state index contributed by atoms with van der Waals surface area (Å²) in [4.78, 5) is 0.254. The third-order valence-electron chi connectivity index (χ3n) is 2.52. The molecule has 0 aromatic heterocycles. The first-order valence-corrected chi connectivity index (χ1v) is 7.39. The van der Waals surface area contributed by atoms with Gasteiger partial charge in [0, 0.05) is 21.8 Å². The van der Waals surface area contributed by atoms with Crippen molar-refractivity contribution in [2.24, 2.45) is 5.73 Å². The molecule has 104 valence electrons. The lowest BCUT2D eigenvalue weighted by Crippen LogP contribution is -2.10. The van der Waals surface area contributed by atoms with Crippen molar-refractivity contribution in [3.05, 3.63) is 56.5 Å². The van der Waals surface area contributed by atoms with E-state index in [2.05, 4.69) is 37.2 Å². The van der Waals surface area contributed by atoms with Gasteiger partial charge in [0.25, 0.3) is 0 Å². The monoisotopic (exact) mass is 420 g/mol. The summed E-state index contributed by atoms with van der Waals surface area (Å²) in [5.41, 5.74) is 6.84. The highest BCUT2D eigenvalue weighted by Gasteiger charge is 2.10. The highest BCUT2D eigenvalue weighted by Crippen LogP contribution is 2.28. The smallest absolute Gasteiger partial charge is 0.147 e. The Morgan fingerprint density at radius 1 is 1.05 bits per heavy atom. The minimum Gasteiger partial charge on any atom is -0.389 e. The van der Waals surface area contributed by atoms with Crippen LogP contribution in [-0.2, 0) is 0 Å². The maximum atomic E-state index is 13.7. The maximum absolute atomic E-state index is 13.7. The summed E-state index contributed by atoms with van der Waals surface area (Å²) in [6.07, 6.45) is 0. The number of nitrogens with two attached hydrogens (primary N) is 1. The van der Waals surface area contributed by atoms with Crippen LogP contribution in [0.1, 0.15) is 5.56 Å². The van der Waals surface area contributed by atoms with Gasteiger partial charge in [0.1, 0.15) is 16.6 Å². The van der Waals surface area contributed by atoms with Gasteiger partial charge < -0.3 is 11.1 Å². The number of thiocarbonyl (C=S) groups is 1. The van der Waals surface area contributed by atoms with Gasteiger partial charge in [0.05, 0.1) is 10.2 Å². The summed E-state index contributed by atoms with van der Waals surface area (Å²) in [6, 6.07) is 7.21. The van der Waals surface area contributed by atoms with Gasteiger partial charge in [-0.2, -0.15) is 0 Å². The van der Waals surface area contributed by atoms with Crippen LogP contribution in [0.3, 0.4) is 0 Å². The fraction of sp³-hybridized carbons (Fsp3) is 0. The van der Waals surface area contributed by atoms with Crippen molar-refractivity contribution in [2.75, 3.05) is 5.32 Å². The molecule has 7 heteroatoms. The number of benzene rings is 2. The van der Waals surface area contributed by atoms with Gasteiger partial charge in [0.15, 0.2) is 0 Å². The lowest BCUT2D eigenvalue weighted by Gasteiger charge is -2.10. The number of halogens is 4. The SMILES string of the molecule is NC(=S)c1ccc(Nc2cc(F)c(Br)cc2F)cc1Br. The molecule has 0 aliphatic carbocycles. The molecule has 2 aromatic carbocycles. The van der Waals surface area contributed by atoms with Gasteiger partial charge in [-0.25, -0.2) is 8.78 Å². The van der Waals surface area contributed by atoms with E-state index < -0.39 is 11.6 Å². The van der Waals surface area contributed by atoms with E-state index in [4.69, 9.17) is 18.0 Å².